The smallest absolute Gasteiger partial charge is 0.257 e. The van der Waals surface area contributed by atoms with E-state index in [9.17, 15) is 4.79 Å². The number of rotatable bonds is 6. The van der Waals surface area contributed by atoms with Gasteiger partial charge in [-0.1, -0.05) is 17.7 Å². The minimum Gasteiger partial charge on any atom is -0.336 e. The molecule has 1 amide bonds. The summed E-state index contributed by atoms with van der Waals surface area (Å²) in [6.45, 7) is 10.3. The maximum Gasteiger partial charge on any atom is 0.257 e. The Bertz CT molecular complexity index is 939. The minimum absolute atomic E-state index is 0.130. The van der Waals surface area contributed by atoms with E-state index in [0.29, 0.717) is 5.92 Å². The number of nitrogens with zero attached hydrogens (tertiary/aromatic N) is 5. The molecule has 6 nitrogen and oxygen atoms in total. The first kappa shape index (κ1) is 21.0. The summed E-state index contributed by atoms with van der Waals surface area (Å²) >= 11 is 6.36. The Morgan fingerprint density at radius 2 is 1.71 bits per heavy atom. The molecule has 166 valence electrons. The lowest BCUT2D eigenvalue weighted by molar-refractivity contribution is 0.0625. The molecule has 5 rings (SSSR count). The lowest BCUT2D eigenvalue weighted by Crippen LogP contribution is -2.50. The van der Waals surface area contributed by atoms with Gasteiger partial charge in [0.2, 0.25) is 0 Å². The van der Waals surface area contributed by atoms with Crippen molar-refractivity contribution in [3.63, 3.8) is 0 Å². The van der Waals surface area contributed by atoms with Crippen LogP contribution in [0.1, 0.15) is 53.2 Å². The number of benzene rings is 1. The number of aromatic nitrogens is 2. The van der Waals surface area contributed by atoms with Gasteiger partial charge in [-0.15, -0.1) is 0 Å². The van der Waals surface area contributed by atoms with Crippen molar-refractivity contribution in [1.82, 2.24) is 24.5 Å². The molecule has 1 saturated carbocycles. The predicted molar refractivity (Wildman–Crippen MR) is 123 cm³/mol. The summed E-state index contributed by atoms with van der Waals surface area (Å²) in [6.07, 6.45) is 6.69. The molecule has 1 aromatic heterocycles. The molecule has 2 aromatic rings. The summed E-state index contributed by atoms with van der Waals surface area (Å²) in [7, 11) is 0. The maximum atomic E-state index is 13.4. The Morgan fingerprint density at radius 1 is 1.03 bits per heavy atom. The Morgan fingerprint density at radius 3 is 2.35 bits per heavy atom. The number of hydrogen-bond acceptors (Lipinski definition) is 4. The molecule has 0 bridgehead atoms. The predicted octanol–water partition coefficient (Wildman–Crippen LogP) is 3.57. The van der Waals surface area contributed by atoms with Crippen LogP contribution in [0.2, 0.25) is 5.02 Å². The van der Waals surface area contributed by atoms with Gasteiger partial charge in [-0.3, -0.25) is 9.69 Å². The average Bonchev–Trinajstić information content (AvgIpc) is 3.31. The van der Waals surface area contributed by atoms with Gasteiger partial charge in [-0.25, -0.2) is 4.68 Å². The highest BCUT2D eigenvalue weighted by Crippen LogP contribution is 2.43. The Hall–Kier alpha value is -1.89. The highest BCUT2D eigenvalue weighted by atomic mass is 35.5. The molecule has 1 aliphatic carbocycles. The molecule has 3 heterocycles. The second-order valence-corrected chi connectivity index (χ2v) is 9.65. The number of likely N-dealkylation sites (tertiary alicyclic amines) is 1. The molecule has 2 aliphatic heterocycles. The standard InChI is InChI=1S/C24H32ClN5O/c1-18-4-7-20(16-22(18)25)30-23(19-5-6-19)21(17-26-30)24(31)29-14-12-28(13-15-29)11-10-27-8-2-3-9-27/h4,7,16-17,19H,2-3,5-6,8-15H2,1H3. The van der Waals surface area contributed by atoms with Crippen molar-refractivity contribution >= 4 is 17.5 Å². The molecule has 0 atom stereocenters. The van der Waals surface area contributed by atoms with E-state index in [1.54, 1.807) is 6.20 Å². The van der Waals surface area contributed by atoms with Gasteiger partial charge in [0.05, 0.1) is 23.1 Å². The highest BCUT2D eigenvalue weighted by Gasteiger charge is 2.35. The summed E-state index contributed by atoms with van der Waals surface area (Å²) in [6, 6.07) is 6.00. The van der Waals surface area contributed by atoms with E-state index in [4.69, 9.17) is 11.6 Å². The second kappa shape index (κ2) is 8.93. The molecule has 3 fully saturated rings. The van der Waals surface area contributed by atoms with Gasteiger partial charge in [0.25, 0.3) is 5.91 Å². The lowest BCUT2D eigenvalue weighted by Gasteiger charge is -2.35. The molecule has 3 aliphatic rings. The number of piperazine rings is 1. The van der Waals surface area contributed by atoms with E-state index in [-0.39, 0.29) is 5.91 Å². The van der Waals surface area contributed by atoms with E-state index >= 15 is 0 Å². The monoisotopic (exact) mass is 441 g/mol. The SMILES string of the molecule is Cc1ccc(-n2ncc(C(=O)N3CCN(CCN4CCCC4)CC3)c2C2CC2)cc1Cl. The summed E-state index contributed by atoms with van der Waals surface area (Å²) in [5, 5.41) is 5.35. The summed E-state index contributed by atoms with van der Waals surface area (Å²) in [4.78, 5) is 20.5. The molecule has 0 radical (unpaired) electrons. The van der Waals surface area contributed by atoms with Gasteiger partial charge in [0.15, 0.2) is 0 Å². The molecule has 31 heavy (non-hydrogen) atoms. The number of aryl methyl sites for hydroxylation is 1. The minimum atomic E-state index is 0.130. The first-order valence-electron chi connectivity index (χ1n) is 11.7. The Balaban J connectivity index is 1.26. The van der Waals surface area contributed by atoms with Crippen molar-refractivity contribution in [2.45, 2.75) is 38.5 Å². The number of carbonyl (C=O) groups is 1. The first-order valence-corrected chi connectivity index (χ1v) is 12.1. The van der Waals surface area contributed by atoms with E-state index in [2.05, 4.69) is 14.9 Å². The van der Waals surface area contributed by atoms with E-state index in [0.717, 1.165) is 79.6 Å². The van der Waals surface area contributed by atoms with Crippen LogP contribution in [-0.2, 0) is 0 Å². The van der Waals surface area contributed by atoms with E-state index in [1.807, 2.05) is 34.7 Å². The van der Waals surface area contributed by atoms with Crippen LogP contribution in [0, 0.1) is 6.92 Å². The molecule has 7 heteroatoms. The van der Waals surface area contributed by atoms with Crippen LogP contribution in [0.3, 0.4) is 0 Å². The van der Waals surface area contributed by atoms with Crippen LogP contribution in [0.4, 0.5) is 0 Å². The molecule has 1 aromatic carbocycles. The quantitative estimate of drug-likeness (QED) is 0.687. The van der Waals surface area contributed by atoms with Crippen molar-refractivity contribution in [2.75, 3.05) is 52.4 Å². The first-order chi connectivity index (χ1) is 15.1. The number of halogens is 1. The van der Waals surface area contributed by atoms with Gasteiger partial charge in [0, 0.05) is 50.2 Å². The topological polar surface area (TPSA) is 44.6 Å². The Kier molecular flexibility index (Phi) is 6.04. The van der Waals surface area contributed by atoms with Crippen molar-refractivity contribution in [1.29, 1.82) is 0 Å². The van der Waals surface area contributed by atoms with Gasteiger partial charge >= 0.3 is 0 Å². The number of carbonyl (C=O) groups excluding carboxylic acids is 1. The molecule has 0 N–H and O–H groups in total. The van der Waals surface area contributed by atoms with Crippen molar-refractivity contribution in [3.8, 4) is 5.69 Å². The van der Waals surface area contributed by atoms with Crippen LogP contribution >= 0.6 is 11.6 Å². The van der Waals surface area contributed by atoms with Gasteiger partial charge in [-0.05, 0) is 63.4 Å². The number of hydrogen-bond donors (Lipinski definition) is 0. The van der Waals surface area contributed by atoms with Gasteiger partial charge in [0.1, 0.15) is 0 Å². The van der Waals surface area contributed by atoms with Crippen LogP contribution in [-0.4, -0.2) is 82.7 Å². The zero-order chi connectivity index (χ0) is 21.4. The molecule has 0 spiro atoms. The van der Waals surface area contributed by atoms with Crippen molar-refractivity contribution < 1.29 is 4.79 Å². The number of amides is 1. The molecular formula is C24H32ClN5O. The Labute approximate surface area is 189 Å². The van der Waals surface area contributed by atoms with Crippen LogP contribution in [0.15, 0.2) is 24.4 Å². The van der Waals surface area contributed by atoms with Gasteiger partial charge in [-0.2, -0.15) is 5.10 Å². The summed E-state index contributed by atoms with van der Waals surface area (Å²) < 4.78 is 1.93. The average molecular weight is 442 g/mol. The lowest BCUT2D eigenvalue weighted by atomic mass is 10.1. The van der Waals surface area contributed by atoms with Gasteiger partial charge < -0.3 is 9.80 Å². The fourth-order valence-corrected chi connectivity index (χ4v) is 5.00. The third-order valence-electron chi connectivity index (χ3n) is 6.99. The van der Waals surface area contributed by atoms with E-state index < -0.39 is 0 Å². The van der Waals surface area contributed by atoms with Crippen LogP contribution in [0.5, 0.6) is 0 Å². The van der Waals surface area contributed by atoms with Crippen LogP contribution in [0.25, 0.3) is 5.69 Å². The maximum absolute atomic E-state index is 13.4. The zero-order valence-electron chi connectivity index (χ0n) is 18.4. The third-order valence-corrected chi connectivity index (χ3v) is 7.40. The summed E-state index contributed by atoms with van der Waals surface area (Å²) in [5.74, 6) is 0.550. The summed E-state index contributed by atoms with van der Waals surface area (Å²) in [5.41, 5.74) is 3.80. The fraction of sp³-hybridized carbons (Fsp3) is 0.583. The third kappa shape index (κ3) is 4.52. The second-order valence-electron chi connectivity index (χ2n) is 9.25. The largest absolute Gasteiger partial charge is 0.336 e. The fourth-order valence-electron chi connectivity index (χ4n) is 4.83. The molecule has 0 unspecified atom stereocenters. The highest BCUT2D eigenvalue weighted by molar-refractivity contribution is 6.31. The molecule has 2 saturated heterocycles. The zero-order valence-corrected chi connectivity index (χ0v) is 19.2. The molecular weight excluding hydrogens is 410 g/mol. The normalized spacial score (nSPS) is 20.5. The van der Waals surface area contributed by atoms with Crippen molar-refractivity contribution in [2.24, 2.45) is 0 Å². The van der Waals surface area contributed by atoms with Crippen LogP contribution < -0.4 is 0 Å². The van der Waals surface area contributed by atoms with E-state index in [1.165, 1.54) is 25.9 Å². The van der Waals surface area contributed by atoms with Crippen molar-refractivity contribution in [3.05, 3.63) is 46.2 Å².